The lowest BCUT2D eigenvalue weighted by molar-refractivity contribution is -0.122. The van der Waals surface area contributed by atoms with Gasteiger partial charge in [-0.2, -0.15) is 0 Å². The summed E-state index contributed by atoms with van der Waals surface area (Å²) in [7, 11) is -2.40. The lowest BCUT2D eigenvalue weighted by atomic mass is 10.2. The molecule has 1 aliphatic heterocycles. The number of methoxy groups -OCH3 is 1. The van der Waals surface area contributed by atoms with Gasteiger partial charge in [0.25, 0.3) is 15.9 Å². The molecule has 1 amide bonds. The average Bonchev–Trinajstić information content (AvgIpc) is 2.55. The first-order valence-corrected chi connectivity index (χ1v) is 9.14. The van der Waals surface area contributed by atoms with Crippen LogP contribution in [0.3, 0.4) is 0 Å². The summed E-state index contributed by atoms with van der Waals surface area (Å²) >= 11 is 6.01. The van der Waals surface area contributed by atoms with E-state index in [1.165, 1.54) is 37.4 Å². The van der Waals surface area contributed by atoms with Crippen molar-refractivity contribution in [1.29, 1.82) is 0 Å². The van der Waals surface area contributed by atoms with E-state index in [0.717, 1.165) is 0 Å². The third-order valence-electron chi connectivity index (χ3n) is 3.60. The number of fused-ring (bicyclic) bond motifs is 1. The molecule has 1 atom stereocenters. The van der Waals surface area contributed by atoms with E-state index in [9.17, 15) is 13.2 Å². The molecule has 132 valence electrons. The first-order valence-electron chi connectivity index (χ1n) is 7.28. The number of benzene rings is 2. The quantitative estimate of drug-likeness (QED) is 0.848. The smallest absolute Gasteiger partial charge is 0.265 e. The summed E-state index contributed by atoms with van der Waals surface area (Å²) < 4.78 is 38.0. The summed E-state index contributed by atoms with van der Waals surface area (Å²) in [6.45, 7) is 1.61. The summed E-state index contributed by atoms with van der Waals surface area (Å²) in [5.41, 5.74) is 0.594. The molecule has 0 fully saturated rings. The van der Waals surface area contributed by atoms with E-state index in [4.69, 9.17) is 21.1 Å². The number of carbonyl (C=O) groups excluding carboxylic acids is 1. The van der Waals surface area contributed by atoms with Crippen LogP contribution in [0.15, 0.2) is 41.3 Å². The number of sulfonamides is 1. The molecule has 2 aromatic carbocycles. The van der Waals surface area contributed by atoms with Gasteiger partial charge < -0.3 is 14.8 Å². The van der Waals surface area contributed by atoms with Gasteiger partial charge in [0.05, 0.1) is 28.4 Å². The molecule has 0 bridgehead atoms. The molecule has 25 heavy (non-hydrogen) atoms. The monoisotopic (exact) mass is 382 g/mol. The second-order valence-electron chi connectivity index (χ2n) is 5.36. The fraction of sp³-hybridized carbons (Fsp3) is 0.188. The number of anilines is 2. The molecule has 1 heterocycles. The second kappa shape index (κ2) is 6.45. The summed E-state index contributed by atoms with van der Waals surface area (Å²) in [5.74, 6) is 0.517. The number of rotatable bonds is 4. The van der Waals surface area contributed by atoms with Gasteiger partial charge in [-0.15, -0.1) is 0 Å². The minimum atomic E-state index is -3.87. The van der Waals surface area contributed by atoms with Crippen molar-refractivity contribution in [1.82, 2.24) is 0 Å². The summed E-state index contributed by atoms with van der Waals surface area (Å²) in [6.07, 6.45) is -0.630. The van der Waals surface area contributed by atoms with Crippen molar-refractivity contribution in [3.63, 3.8) is 0 Å². The normalized spacial score (nSPS) is 16.4. The van der Waals surface area contributed by atoms with E-state index in [1.807, 2.05) is 0 Å². The highest BCUT2D eigenvalue weighted by molar-refractivity contribution is 7.92. The third kappa shape index (κ3) is 3.49. The number of hydrogen-bond donors (Lipinski definition) is 2. The van der Waals surface area contributed by atoms with Crippen LogP contribution < -0.4 is 19.5 Å². The first kappa shape index (κ1) is 17.4. The Bertz CT molecular complexity index is 946. The minimum Gasteiger partial charge on any atom is -0.495 e. The number of carbonyl (C=O) groups is 1. The molecule has 0 aliphatic carbocycles. The maximum absolute atomic E-state index is 12.6. The Morgan fingerprint density at radius 1 is 1.24 bits per heavy atom. The van der Waals surface area contributed by atoms with Crippen LogP contribution in [0.4, 0.5) is 11.4 Å². The lowest BCUT2D eigenvalue weighted by Gasteiger charge is -2.23. The molecule has 0 aromatic heterocycles. The molecule has 0 saturated carbocycles. The zero-order chi connectivity index (χ0) is 18.2. The molecular weight excluding hydrogens is 368 g/mol. The molecule has 0 radical (unpaired) electrons. The molecule has 0 saturated heterocycles. The summed E-state index contributed by atoms with van der Waals surface area (Å²) in [4.78, 5) is 11.7. The summed E-state index contributed by atoms with van der Waals surface area (Å²) in [6, 6.07) is 8.78. The highest BCUT2D eigenvalue weighted by Crippen LogP contribution is 2.33. The van der Waals surface area contributed by atoms with Crippen LogP contribution in [-0.2, 0) is 14.8 Å². The largest absolute Gasteiger partial charge is 0.495 e. The van der Waals surface area contributed by atoms with Gasteiger partial charge in [0.1, 0.15) is 11.5 Å². The van der Waals surface area contributed by atoms with Crippen molar-refractivity contribution in [2.75, 3.05) is 17.1 Å². The van der Waals surface area contributed by atoms with Crippen molar-refractivity contribution in [3.8, 4) is 11.5 Å². The van der Waals surface area contributed by atoms with Crippen molar-refractivity contribution in [2.24, 2.45) is 0 Å². The Balaban J connectivity index is 1.89. The first-order chi connectivity index (χ1) is 11.8. The fourth-order valence-corrected chi connectivity index (χ4v) is 3.63. The van der Waals surface area contributed by atoms with Crippen LogP contribution in [0, 0.1) is 0 Å². The molecule has 7 nitrogen and oxygen atoms in total. The van der Waals surface area contributed by atoms with E-state index in [0.29, 0.717) is 17.2 Å². The predicted octanol–water partition coefficient (Wildman–Crippen LogP) is 2.87. The molecule has 0 spiro atoms. The Labute approximate surface area is 149 Å². The van der Waals surface area contributed by atoms with Crippen LogP contribution in [0.5, 0.6) is 11.5 Å². The Kier molecular flexibility index (Phi) is 4.49. The molecule has 1 aliphatic rings. The van der Waals surface area contributed by atoms with Crippen LogP contribution in [0.25, 0.3) is 0 Å². The average molecular weight is 383 g/mol. The van der Waals surface area contributed by atoms with E-state index in [1.54, 1.807) is 13.0 Å². The van der Waals surface area contributed by atoms with Crippen molar-refractivity contribution in [3.05, 3.63) is 41.4 Å². The highest BCUT2D eigenvalue weighted by atomic mass is 35.5. The van der Waals surface area contributed by atoms with Gasteiger partial charge in [0.15, 0.2) is 6.10 Å². The second-order valence-corrected chi connectivity index (χ2v) is 7.45. The van der Waals surface area contributed by atoms with Gasteiger partial charge in [-0.3, -0.25) is 9.52 Å². The summed E-state index contributed by atoms with van der Waals surface area (Å²) in [5, 5.41) is 2.90. The van der Waals surface area contributed by atoms with Gasteiger partial charge in [-0.05, 0) is 43.3 Å². The minimum absolute atomic E-state index is 0.0170. The van der Waals surface area contributed by atoms with Crippen molar-refractivity contribution in [2.45, 2.75) is 17.9 Å². The topological polar surface area (TPSA) is 93.7 Å². The Morgan fingerprint density at radius 2 is 2.00 bits per heavy atom. The molecular formula is C16H15ClN2O5S. The molecule has 9 heteroatoms. The number of ether oxygens (including phenoxy) is 2. The van der Waals surface area contributed by atoms with E-state index < -0.39 is 16.1 Å². The van der Waals surface area contributed by atoms with Gasteiger partial charge in [-0.1, -0.05) is 11.6 Å². The Hall–Kier alpha value is -2.45. The molecule has 2 N–H and O–H groups in total. The maximum Gasteiger partial charge on any atom is 0.265 e. The van der Waals surface area contributed by atoms with E-state index in [2.05, 4.69) is 10.0 Å². The molecule has 3 rings (SSSR count). The zero-order valence-electron chi connectivity index (χ0n) is 13.4. The third-order valence-corrected chi connectivity index (χ3v) is 5.27. The van der Waals surface area contributed by atoms with Gasteiger partial charge in [0.2, 0.25) is 0 Å². The SMILES string of the molecule is COc1ccc(NS(=O)(=O)c2ccc3c(c2)NC(=O)C(C)O3)cc1Cl. The van der Waals surface area contributed by atoms with E-state index in [-0.39, 0.29) is 21.5 Å². The van der Waals surface area contributed by atoms with Gasteiger partial charge in [-0.25, -0.2) is 8.42 Å². The van der Waals surface area contributed by atoms with Crippen LogP contribution >= 0.6 is 11.6 Å². The van der Waals surface area contributed by atoms with Gasteiger partial charge >= 0.3 is 0 Å². The number of hydrogen-bond acceptors (Lipinski definition) is 5. The van der Waals surface area contributed by atoms with Crippen LogP contribution in [0.1, 0.15) is 6.92 Å². The van der Waals surface area contributed by atoms with Crippen molar-refractivity contribution < 1.29 is 22.7 Å². The predicted molar refractivity (Wildman–Crippen MR) is 94.0 cm³/mol. The lowest BCUT2D eigenvalue weighted by Crippen LogP contribution is -2.34. The van der Waals surface area contributed by atoms with E-state index >= 15 is 0 Å². The molecule has 1 unspecified atom stereocenters. The standard InChI is InChI=1S/C16H15ClN2O5S/c1-9-16(20)18-13-8-11(4-6-15(13)24-9)25(21,22)19-10-3-5-14(23-2)12(17)7-10/h3-9,19H,1-2H3,(H,18,20). The number of halogens is 1. The van der Waals surface area contributed by atoms with Crippen LogP contribution in [0.2, 0.25) is 5.02 Å². The van der Waals surface area contributed by atoms with Gasteiger partial charge in [0, 0.05) is 0 Å². The maximum atomic E-state index is 12.6. The Morgan fingerprint density at radius 3 is 2.68 bits per heavy atom. The van der Waals surface area contributed by atoms with Crippen LogP contribution in [-0.4, -0.2) is 27.5 Å². The fourth-order valence-electron chi connectivity index (χ4n) is 2.30. The highest BCUT2D eigenvalue weighted by Gasteiger charge is 2.25. The van der Waals surface area contributed by atoms with Crippen molar-refractivity contribution >= 4 is 38.9 Å². The number of nitrogens with one attached hydrogen (secondary N) is 2. The molecule has 2 aromatic rings. The number of amides is 1. The zero-order valence-corrected chi connectivity index (χ0v) is 14.9.